The van der Waals surface area contributed by atoms with E-state index in [-0.39, 0.29) is 12.3 Å². The van der Waals surface area contributed by atoms with Gasteiger partial charge in [0.05, 0.1) is 0 Å². The second-order valence-electron chi connectivity index (χ2n) is 5.78. The van der Waals surface area contributed by atoms with Crippen LogP contribution in [0.4, 0.5) is 5.13 Å². The second kappa shape index (κ2) is 7.23. The summed E-state index contributed by atoms with van der Waals surface area (Å²) in [6.07, 6.45) is 0. The lowest BCUT2D eigenvalue weighted by atomic mass is 10.2. The van der Waals surface area contributed by atoms with Crippen molar-refractivity contribution in [1.82, 2.24) is 4.98 Å². The first kappa shape index (κ1) is 17.0. The van der Waals surface area contributed by atoms with Gasteiger partial charge in [-0.15, -0.1) is 11.3 Å². The summed E-state index contributed by atoms with van der Waals surface area (Å²) in [5, 5.41) is 5.91. The SMILES string of the molecule is CC(C)(C)ON=C(C(=O)OCc1ccccc1)c1csc(N)n1. The first-order valence-corrected chi connectivity index (χ1v) is 7.92. The van der Waals surface area contributed by atoms with Gasteiger partial charge >= 0.3 is 5.97 Å². The number of hydrogen-bond donors (Lipinski definition) is 1. The number of thiazole rings is 1. The maximum absolute atomic E-state index is 12.3. The topological polar surface area (TPSA) is 86.8 Å². The molecule has 0 unspecified atom stereocenters. The molecule has 1 aromatic heterocycles. The minimum Gasteiger partial charge on any atom is -0.456 e. The van der Waals surface area contributed by atoms with Crippen molar-refractivity contribution in [2.24, 2.45) is 5.16 Å². The summed E-state index contributed by atoms with van der Waals surface area (Å²) in [6, 6.07) is 9.39. The Kier molecular flexibility index (Phi) is 5.33. The van der Waals surface area contributed by atoms with Gasteiger partial charge < -0.3 is 15.3 Å². The van der Waals surface area contributed by atoms with Crippen molar-refractivity contribution >= 4 is 28.1 Å². The maximum atomic E-state index is 12.3. The highest BCUT2D eigenvalue weighted by atomic mass is 32.1. The molecule has 0 aliphatic carbocycles. The van der Waals surface area contributed by atoms with Crippen LogP contribution in [0.3, 0.4) is 0 Å². The molecule has 0 amide bonds. The second-order valence-corrected chi connectivity index (χ2v) is 6.67. The molecule has 2 aromatic rings. The lowest BCUT2D eigenvalue weighted by Crippen LogP contribution is -2.23. The highest BCUT2D eigenvalue weighted by molar-refractivity contribution is 7.13. The zero-order chi connectivity index (χ0) is 16.9. The Morgan fingerprint density at radius 2 is 2.00 bits per heavy atom. The van der Waals surface area contributed by atoms with E-state index in [1.807, 2.05) is 51.1 Å². The van der Waals surface area contributed by atoms with Crippen LogP contribution in [0.5, 0.6) is 0 Å². The molecule has 2 rings (SSSR count). The summed E-state index contributed by atoms with van der Waals surface area (Å²) in [7, 11) is 0. The number of rotatable bonds is 5. The number of carbonyl (C=O) groups is 1. The Morgan fingerprint density at radius 1 is 1.30 bits per heavy atom. The number of ether oxygens (including phenoxy) is 1. The van der Waals surface area contributed by atoms with E-state index in [4.69, 9.17) is 15.3 Å². The van der Waals surface area contributed by atoms with E-state index in [2.05, 4.69) is 10.1 Å². The summed E-state index contributed by atoms with van der Waals surface area (Å²) in [4.78, 5) is 21.7. The molecule has 0 radical (unpaired) electrons. The van der Waals surface area contributed by atoms with E-state index in [9.17, 15) is 4.79 Å². The summed E-state index contributed by atoms with van der Waals surface area (Å²) >= 11 is 1.22. The molecule has 0 aliphatic heterocycles. The van der Waals surface area contributed by atoms with Crippen LogP contribution in [-0.2, 0) is 21.0 Å². The molecule has 0 bridgehead atoms. The van der Waals surface area contributed by atoms with E-state index in [1.165, 1.54) is 11.3 Å². The molecule has 23 heavy (non-hydrogen) atoms. The van der Waals surface area contributed by atoms with Crippen molar-refractivity contribution in [3.05, 3.63) is 47.0 Å². The summed E-state index contributed by atoms with van der Waals surface area (Å²) in [5.41, 5.74) is 6.32. The Hall–Kier alpha value is -2.41. The van der Waals surface area contributed by atoms with Gasteiger partial charge in [0.25, 0.3) is 0 Å². The highest BCUT2D eigenvalue weighted by Gasteiger charge is 2.22. The number of nitrogens with two attached hydrogens (primary N) is 1. The minimum absolute atomic E-state index is 0.00352. The lowest BCUT2D eigenvalue weighted by molar-refractivity contribution is -0.137. The molecule has 0 saturated heterocycles. The summed E-state index contributed by atoms with van der Waals surface area (Å²) in [6.45, 7) is 5.64. The van der Waals surface area contributed by atoms with Gasteiger partial charge in [0, 0.05) is 5.38 Å². The van der Waals surface area contributed by atoms with Gasteiger partial charge in [0.2, 0.25) is 5.71 Å². The molecule has 6 nitrogen and oxygen atoms in total. The summed E-state index contributed by atoms with van der Waals surface area (Å²) < 4.78 is 5.29. The van der Waals surface area contributed by atoms with Crippen LogP contribution in [0.1, 0.15) is 32.0 Å². The third-order valence-electron chi connectivity index (χ3n) is 2.58. The zero-order valence-electron chi connectivity index (χ0n) is 13.3. The third kappa shape index (κ3) is 5.37. The Balaban J connectivity index is 2.14. The molecular formula is C16H19N3O3S. The lowest BCUT2D eigenvalue weighted by Gasteiger charge is -2.16. The third-order valence-corrected chi connectivity index (χ3v) is 3.26. The van der Waals surface area contributed by atoms with Crippen LogP contribution < -0.4 is 5.73 Å². The number of aromatic nitrogens is 1. The monoisotopic (exact) mass is 333 g/mol. The number of hydrogen-bond acceptors (Lipinski definition) is 7. The summed E-state index contributed by atoms with van der Waals surface area (Å²) in [5.74, 6) is -0.608. The van der Waals surface area contributed by atoms with E-state index in [1.54, 1.807) is 5.38 Å². The zero-order valence-corrected chi connectivity index (χ0v) is 14.1. The van der Waals surface area contributed by atoms with Gasteiger partial charge in [-0.2, -0.15) is 0 Å². The van der Waals surface area contributed by atoms with Crippen LogP contribution >= 0.6 is 11.3 Å². The van der Waals surface area contributed by atoms with Crippen LogP contribution in [0.15, 0.2) is 40.9 Å². The molecule has 0 atom stereocenters. The standard InChI is InChI=1S/C16H19N3O3S/c1-16(2,3)22-19-13(12-10-23-15(17)18-12)14(20)21-9-11-7-5-4-6-8-11/h4-8,10H,9H2,1-3H3,(H2,17,18). The smallest absolute Gasteiger partial charge is 0.363 e. The predicted octanol–water partition coefficient (Wildman–Crippen LogP) is 2.99. The first-order valence-electron chi connectivity index (χ1n) is 7.04. The fourth-order valence-corrected chi connectivity index (χ4v) is 2.11. The number of anilines is 1. The molecular weight excluding hydrogens is 314 g/mol. The van der Waals surface area contributed by atoms with Crippen LogP contribution in [0.25, 0.3) is 0 Å². The molecule has 122 valence electrons. The number of benzene rings is 1. The molecule has 0 saturated carbocycles. The first-order chi connectivity index (χ1) is 10.8. The van der Waals surface area contributed by atoms with E-state index < -0.39 is 11.6 Å². The van der Waals surface area contributed by atoms with E-state index in [0.717, 1.165) is 5.56 Å². The highest BCUT2D eigenvalue weighted by Crippen LogP contribution is 2.15. The average molecular weight is 333 g/mol. The normalized spacial score (nSPS) is 12.0. The van der Waals surface area contributed by atoms with Crippen molar-refractivity contribution in [3.8, 4) is 0 Å². The average Bonchev–Trinajstić information content (AvgIpc) is 2.91. The molecule has 7 heteroatoms. The molecule has 1 heterocycles. The predicted molar refractivity (Wildman–Crippen MR) is 90.1 cm³/mol. The minimum atomic E-state index is -0.608. The van der Waals surface area contributed by atoms with Crippen LogP contribution in [0, 0.1) is 0 Å². The van der Waals surface area contributed by atoms with Gasteiger partial charge in [-0.25, -0.2) is 9.78 Å². The van der Waals surface area contributed by atoms with Gasteiger partial charge in [-0.05, 0) is 26.3 Å². The molecule has 0 fully saturated rings. The Labute approximate surface area is 138 Å². The molecule has 0 aliphatic rings. The number of nitrogen functional groups attached to an aromatic ring is 1. The van der Waals surface area contributed by atoms with Crippen molar-refractivity contribution in [1.29, 1.82) is 0 Å². The molecule has 0 spiro atoms. The number of oxime groups is 1. The van der Waals surface area contributed by atoms with Gasteiger partial charge in [0.1, 0.15) is 17.9 Å². The van der Waals surface area contributed by atoms with Crippen LogP contribution in [0.2, 0.25) is 0 Å². The molecule has 2 N–H and O–H groups in total. The fourth-order valence-electron chi connectivity index (χ4n) is 1.56. The van der Waals surface area contributed by atoms with Gasteiger partial charge in [0.15, 0.2) is 5.13 Å². The maximum Gasteiger partial charge on any atom is 0.363 e. The van der Waals surface area contributed by atoms with Crippen LogP contribution in [-0.4, -0.2) is 22.3 Å². The quantitative estimate of drug-likeness (QED) is 0.516. The number of esters is 1. The Morgan fingerprint density at radius 3 is 2.57 bits per heavy atom. The molecule has 1 aromatic carbocycles. The Bertz CT molecular complexity index is 690. The van der Waals surface area contributed by atoms with Crippen molar-refractivity contribution in [2.45, 2.75) is 33.0 Å². The van der Waals surface area contributed by atoms with Gasteiger partial charge in [-0.3, -0.25) is 0 Å². The van der Waals surface area contributed by atoms with Crippen molar-refractivity contribution in [3.63, 3.8) is 0 Å². The van der Waals surface area contributed by atoms with Crippen molar-refractivity contribution in [2.75, 3.05) is 5.73 Å². The number of carbonyl (C=O) groups excluding carboxylic acids is 1. The number of nitrogens with zero attached hydrogens (tertiary/aromatic N) is 2. The van der Waals surface area contributed by atoms with Crippen molar-refractivity contribution < 1.29 is 14.4 Å². The largest absolute Gasteiger partial charge is 0.456 e. The van der Waals surface area contributed by atoms with E-state index in [0.29, 0.717) is 10.8 Å². The van der Waals surface area contributed by atoms with Gasteiger partial charge in [-0.1, -0.05) is 35.5 Å². The fraction of sp³-hybridized carbons (Fsp3) is 0.312. The van der Waals surface area contributed by atoms with E-state index >= 15 is 0 Å².